The number of fused-ring (bicyclic) bond motifs is 1. The highest BCUT2D eigenvalue weighted by Gasteiger charge is 2.23. The number of amides is 1. The van der Waals surface area contributed by atoms with E-state index < -0.39 is 0 Å². The number of nitrogens with one attached hydrogen (secondary N) is 3. The van der Waals surface area contributed by atoms with E-state index >= 15 is 0 Å². The van der Waals surface area contributed by atoms with E-state index in [0.29, 0.717) is 11.4 Å². The van der Waals surface area contributed by atoms with Crippen LogP contribution in [0.2, 0.25) is 0 Å². The second-order valence-corrected chi connectivity index (χ2v) is 5.07. The van der Waals surface area contributed by atoms with E-state index in [1.54, 1.807) is 0 Å². The zero-order valence-electron chi connectivity index (χ0n) is 11.4. The Bertz CT molecular complexity index is 691. The Morgan fingerprint density at radius 3 is 2.85 bits per heavy atom. The minimum Gasteiger partial charge on any atom is -0.366 e. The Morgan fingerprint density at radius 2 is 2.10 bits per heavy atom. The van der Waals surface area contributed by atoms with Gasteiger partial charge in [0.1, 0.15) is 0 Å². The fourth-order valence-electron chi connectivity index (χ4n) is 2.18. The van der Waals surface area contributed by atoms with Crippen molar-refractivity contribution in [3.05, 3.63) is 41.6 Å². The van der Waals surface area contributed by atoms with E-state index in [2.05, 4.69) is 20.8 Å². The average Bonchev–Trinajstić information content (AvgIpc) is 2.95. The summed E-state index contributed by atoms with van der Waals surface area (Å²) in [5.74, 6) is 0.399. The van der Waals surface area contributed by atoms with Crippen molar-refractivity contribution >= 4 is 28.7 Å². The van der Waals surface area contributed by atoms with Gasteiger partial charge in [0.2, 0.25) is 0 Å². The summed E-state index contributed by atoms with van der Waals surface area (Å²) in [7, 11) is 0. The molecule has 1 aliphatic heterocycles. The Kier molecular flexibility index (Phi) is 3.02. The molecule has 5 heteroatoms. The largest absolute Gasteiger partial charge is 0.366 e. The zero-order chi connectivity index (χ0) is 14.1. The molecule has 2 aromatic rings. The Balaban J connectivity index is 1.97. The van der Waals surface area contributed by atoms with Crippen LogP contribution in [0.1, 0.15) is 19.5 Å². The standard InChI is InChI=1S/C15H16N4O/c1-9(2)16-14-12(15(20)19-18-14)8-11-7-10-5-3-4-6-13(10)17-11/h3-9,17H,1-2H3,(H,16,18)(H,19,20). The highest BCUT2D eigenvalue weighted by molar-refractivity contribution is 6.26. The molecule has 0 spiro atoms. The van der Waals surface area contributed by atoms with Gasteiger partial charge in [-0.1, -0.05) is 18.2 Å². The minimum atomic E-state index is -0.188. The fourth-order valence-corrected chi connectivity index (χ4v) is 2.18. The third-order valence-electron chi connectivity index (χ3n) is 3.05. The molecule has 0 unspecified atom stereocenters. The maximum atomic E-state index is 11.8. The molecule has 102 valence electrons. The summed E-state index contributed by atoms with van der Waals surface area (Å²) in [6, 6.07) is 10.2. The number of hydrogen-bond donors (Lipinski definition) is 3. The molecule has 0 saturated carbocycles. The molecule has 1 amide bonds. The number of benzene rings is 1. The highest BCUT2D eigenvalue weighted by atomic mass is 16.2. The van der Waals surface area contributed by atoms with Gasteiger partial charge in [-0.3, -0.25) is 4.79 Å². The second-order valence-electron chi connectivity index (χ2n) is 5.07. The number of carbonyl (C=O) groups is 1. The molecule has 20 heavy (non-hydrogen) atoms. The van der Waals surface area contributed by atoms with Gasteiger partial charge in [-0.25, -0.2) is 5.43 Å². The van der Waals surface area contributed by atoms with Gasteiger partial charge >= 0.3 is 0 Å². The Labute approximate surface area is 116 Å². The first-order chi connectivity index (χ1) is 9.63. The van der Waals surface area contributed by atoms with Crippen LogP contribution in [0.15, 0.2) is 41.0 Å². The maximum Gasteiger partial charge on any atom is 0.275 e. The summed E-state index contributed by atoms with van der Waals surface area (Å²) in [6.07, 6.45) is 1.82. The van der Waals surface area contributed by atoms with Gasteiger partial charge in [0.15, 0.2) is 5.84 Å². The number of rotatable bonds is 2. The lowest BCUT2D eigenvalue weighted by molar-refractivity contribution is -0.116. The third-order valence-corrected chi connectivity index (χ3v) is 3.05. The first-order valence-electron chi connectivity index (χ1n) is 6.58. The van der Waals surface area contributed by atoms with Gasteiger partial charge < -0.3 is 10.3 Å². The van der Waals surface area contributed by atoms with Crippen LogP contribution in [-0.2, 0) is 4.79 Å². The number of hydrogen-bond acceptors (Lipinski definition) is 3. The quantitative estimate of drug-likeness (QED) is 0.729. The summed E-state index contributed by atoms with van der Waals surface area (Å²) in [4.78, 5) is 15.1. The average molecular weight is 268 g/mol. The highest BCUT2D eigenvalue weighted by Crippen LogP contribution is 2.18. The second kappa shape index (κ2) is 4.85. The summed E-state index contributed by atoms with van der Waals surface area (Å²) in [5.41, 5.74) is 4.96. The molecule has 1 aromatic carbocycles. The number of aromatic nitrogens is 1. The van der Waals surface area contributed by atoms with Crippen LogP contribution < -0.4 is 10.7 Å². The molecule has 0 aliphatic carbocycles. The molecule has 2 heterocycles. The number of para-hydroxylation sites is 1. The van der Waals surface area contributed by atoms with Gasteiger partial charge in [-0.2, -0.15) is 5.10 Å². The minimum absolute atomic E-state index is 0.188. The summed E-state index contributed by atoms with van der Waals surface area (Å²) in [5, 5.41) is 8.29. The van der Waals surface area contributed by atoms with E-state index in [4.69, 9.17) is 0 Å². The zero-order valence-corrected chi connectivity index (χ0v) is 11.4. The topological polar surface area (TPSA) is 69.3 Å². The van der Waals surface area contributed by atoms with Crippen molar-refractivity contribution in [1.82, 2.24) is 15.7 Å². The number of nitrogens with zero attached hydrogens (tertiary/aromatic N) is 1. The fraction of sp³-hybridized carbons (Fsp3) is 0.200. The SMILES string of the molecule is CC(C)NC1=NNC(=O)C1=Cc1cc2ccccc2[nH]1. The molecule has 3 rings (SSSR count). The molecule has 0 atom stereocenters. The predicted molar refractivity (Wildman–Crippen MR) is 80.1 cm³/mol. The number of amidine groups is 1. The molecule has 0 bridgehead atoms. The van der Waals surface area contributed by atoms with Crippen LogP contribution in [0, 0.1) is 0 Å². The molecule has 1 aliphatic rings. The Hall–Kier alpha value is -2.56. The first kappa shape index (κ1) is 12.5. The van der Waals surface area contributed by atoms with Gasteiger partial charge in [-0.15, -0.1) is 0 Å². The van der Waals surface area contributed by atoms with Crippen LogP contribution in [0.4, 0.5) is 0 Å². The molecule has 3 N–H and O–H groups in total. The lowest BCUT2D eigenvalue weighted by Gasteiger charge is -2.08. The number of carbonyl (C=O) groups excluding carboxylic acids is 1. The van der Waals surface area contributed by atoms with Crippen LogP contribution in [-0.4, -0.2) is 22.8 Å². The molecular formula is C15H16N4O. The van der Waals surface area contributed by atoms with Crippen molar-refractivity contribution < 1.29 is 4.79 Å². The summed E-state index contributed by atoms with van der Waals surface area (Å²) < 4.78 is 0. The van der Waals surface area contributed by atoms with E-state index in [-0.39, 0.29) is 11.9 Å². The van der Waals surface area contributed by atoms with Crippen LogP contribution in [0.5, 0.6) is 0 Å². The normalized spacial score (nSPS) is 16.9. The molecule has 0 radical (unpaired) electrons. The van der Waals surface area contributed by atoms with E-state index in [9.17, 15) is 4.79 Å². The molecular weight excluding hydrogens is 252 g/mol. The first-order valence-corrected chi connectivity index (χ1v) is 6.58. The molecule has 1 aromatic heterocycles. The lowest BCUT2D eigenvalue weighted by atomic mass is 10.1. The van der Waals surface area contributed by atoms with Crippen molar-refractivity contribution in [3.63, 3.8) is 0 Å². The molecule has 0 fully saturated rings. The van der Waals surface area contributed by atoms with E-state index in [1.165, 1.54) is 0 Å². The third kappa shape index (κ3) is 2.30. The van der Waals surface area contributed by atoms with Crippen molar-refractivity contribution in [2.75, 3.05) is 0 Å². The van der Waals surface area contributed by atoms with E-state index in [1.807, 2.05) is 50.3 Å². The number of aromatic amines is 1. The number of hydrazone groups is 1. The van der Waals surface area contributed by atoms with Gasteiger partial charge in [0.25, 0.3) is 5.91 Å². The van der Waals surface area contributed by atoms with Crippen molar-refractivity contribution in [2.45, 2.75) is 19.9 Å². The molecule has 5 nitrogen and oxygen atoms in total. The van der Waals surface area contributed by atoms with Crippen LogP contribution in [0.3, 0.4) is 0 Å². The smallest absolute Gasteiger partial charge is 0.275 e. The summed E-state index contributed by atoms with van der Waals surface area (Å²) in [6.45, 7) is 4.01. The number of H-pyrrole nitrogens is 1. The van der Waals surface area contributed by atoms with E-state index in [0.717, 1.165) is 16.6 Å². The van der Waals surface area contributed by atoms with Crippen LogP contribution >= 0.6 is 0 Å². The van der Waals surface area contributed by atoms with Crippen molar-refractivity contribution in [3.8, 4) is 0 Å². The summed E-state index contributed by atoms with van der Waals surface area (Å²) >= 11 is 0. The Morgan fingerprint density at radius 1 is 1.30 bits per heavy atom. The molecule has 0 saturated heterocycles. The van der Waals surface area contributed by atoms with Gasteiger partial charge in [0, 0.05) is 17.3 Å². The van der Waals surface area contributed by atoms with Gasteiger partial charge in [-0.05, 0) is 37.4 Å². The monoisotopic (exact) mass is 268 g/mol. The lowest BCUT2D eigenvalue weighted by Crippen LogP contribution is -2.31. The predicted octanol–water partition coefficient (Wildman–Crippen LogP) is 1.99. The van der Waals surface area contributed by atoms with Gasteiger partial charge in [0.05, 0.1) is 5.57 Å². The van der Waals surface area contributed by atoms with Crippen molar-refractivity contribution in [2.24, 2.45) is 5.10 Å². The van der Waals surface area contributed by atoms with Crippen LogP contribution in [0.25, 0.3) is 17.0 Å². The maximum absolute atomic E-state index is 11.8. The van der Waals surface area contributed by atoms with Crippen molar-refractivity contribution in [1.29, 1.82) is 0 Å².